The normalized spacial score (nSPS) is 15.8. The number of aryl methyl sites for hydroxylation is 1. The molecular formula is C24H21N3O2S. The lowest BCUT2D eigenvalue weighted by Crippen LogP contribution is -2.18. The van der Waals surface area contributed by atoms with Gasteiger partial charge in [-0.3, -0.25) is 4.79 Å². The number of primary amides is 1. The standard InChI is InChI=1S/C24H21N3O2S/c25-23-19-11-21(30-22(19)20(12-27-23)24(26)29)14-3-1-13(2-4-14)15-5-6-17-10-18(28)8-7-16(17)9-15/h1-6,9,11-12,18,28H,7-8,10H2,(H2,25,27)(H2,26,29). The van der Waals surface area contributed by atoms with E-state index in [0.29, 0.717) is 11.4 Å². The number of rotatable bonds is 3. The van der Waals surface area contributed by atoms with Gasteiger partial charge >= 0.3 is 0 Å². The summed E-state index contributed by atoms with van der Waals surface area (Å²) in [5, 5.41) is 10.6. The van der Waals surface area contributed by atoms with Gasteiger partial charge in [-0.25, -0.2) is 4.98 Å². The number of carbonyl (C=O) groups is 1. The van der Waals surface area contributed by atoms with Crippen molar-refractivity contribution in [1.29, 1.82) is 0 Å². The molecule has 1 aliphatic carbocycles. The van der Waals surface area contributed by atoms with Crippen molar-refractivity contribution in [3.63, 3.8) is 0 Å². The highest BCUT2D eigenvalue weighted by Gasteiger charge is 2.17. The molecule has 2 heterocycles. The van der Waals surface area contributed by atoms with Crippen molar-refractivity contribution in [2.75, 3.05) is 5.73 Å². The first kappa shape index (κ1) is 18.8. The summed E-state index contributed by atoms with van der Waals surface area (Å²) < 4.78 is 0.769. The van der Waals surface area contributed by atoms with Crippen molar-refractivity contribution in [2.45, 2.75) is 25.4 Å². The SMILES string of the molecule is NC(=O)c1cnc(N)c2cc(-c3ccc(-c4ccc5c(c4)CCC(O)C5)cc3)sc12. The second kappa shape index (κ2) is 7.23. The predicted octanol–water partition coefficient (Wildman–Crippen LogP) is 4.16. The Bertz CT molecular complexity index is 1280. The van der Waals surface area contributed by atoms with Crippen LogP contribution in [0.1, 0.15) is 27.9 Å². The van der Waals surface area contributed by atoms with E-state index in [-0.39, 0.29) is 6.10 Å². The van der Waals surface area contributed by atoms with E-state index < -0.39 is 5.91 Å². The Kier molecular flexibility index (Phi) is 4.53. The summed E-state index contributed by atoms with van der Waals surface area (Å²) >= 11 is 1.50. The number of fused-ring (bicyclic) bond motifs is 2. The minimum Gasteiger partial charge on any atom is -0.393 e. The third kappa shape index (κ3) is 3.24. The van der Waals surface area contributed by atoms with Crippen LogP contribution in [0.25, 0.3) is 31.7 Å². The van der Waals surface area contributed by atoms with Gasteiger partial charge in [0, 0.05) is 16.5 Å². The maximum atomic E-state index is 11.7. The van der Waals surface area contributed by atoms with Crippen LogP contribution in [0.3, 0.4) is 0 Å². The molecule has 150 valence electrons. The zero-order valence-corrected chi connectivity index (χ0v) is 17.1. The summed E-state index contributed by atoms with van der Waals surface area (Å²) in [5.41, 5.74) is 17.8. The molecule has 0 radical (unpaired) electrons. The molecule has 2 aromatic heterocycles. The van der Waals surface area contributed by atoms with Crippen LogP contribution in [0.2, 0.25) is 0 Å². The maximum absolute atomic E-state index is 11.7. The number of nitrogens with zero attached hydrogens (tertiary/aromatic N) is 1. The molecule has 5 rings (SSSR count). The molecule has 1 amide bonds. The molecule has 0 saturated heterocycles. The Balaban J connectivity index is 1.49. The smallest absolute Gasteiger partial charge is 0.251 e. The Morgan fingerprint density at radius 2 is 1.77 bits per heavy atom. The van der Waals surface area contributed by atoms with Gasteiger partial charge in [0.2, 0.25) is 0 Å². The predicted molar refractivity (Wildman–Crippen MR) is 121 cm³/mol. The van der Waals surface area contributed by atoms with E-state index in [9.17, 15) is 9.90 Å². The number of pyridine rings is 1. The number of amides is 1. The van der Waals surface area contributed by atoms with E-state index in [4.69, 9.17) is 11.5 Å². The zero-order valence-electron chi connectivity index (χ0n) is 16.3. The first-order chi connectivity index (χ1) is 14.5. The van der Waals surface area contributed by atoms with Gasteiger partial charge in [0.05, 0.1) is 16.4 Å². The van der Waals surface area contributed by atoms with Crippen molar-refractivity contribution in [2.24, 2.45) is 5.73 Å². The number of nitrogen functional groups attached to an aromatic ring is 1. The molecule has 0 saturated carbocycles. The van der Waals surface area contributed by atoms with Crippen LogP contribution in [0.5, 0.6) is 0 Å². The number of hydrogen-bond donors (Lipinski definition) is 3. The lowest BCUT2D eigenvalue weighted by atomic mass is 9.87. The Labute approximate surface area is 178 Å². The molecule has 1 aliphatic rings. The van der Waals surface area contributed by atoms with Gasteiger partial charge in [-0.15, -0.1) is 11.3 Å². The molecule has 0 spiro atoms. The molecule has 6 heteroatoms. The van der Waals surface area contributed by atoms with Gasteiger partial charge < -0.3 is 16.6 Å². The number of benzene rings is 2. The first-order valence-electron chi connectivity index (χ1n) is 9.88. The van der Waals surface area contributed by atoms with E-state index in [1.165, 1.54) is 34.2 Å². The van der Waals surface area contributed by atoms with Gasteiger partial charge in [-0.2, -0.15) is 0 Å². The Morgan fingerprint density at radius 3 is 2.53 bits per heavy atom. The highest BCUT2D eigenvalue weighted by atomic mass is 32.1. The quantitative estimate of drug-likeness (QED) is 0.467. The first-order valence-corrected chi connectivity index (χ1v) is 10.7. The highest BCUT2D eigenvalue weighted by molar-refractivity contribution is 7.22. The highest BCUT2D eigenvalue weighted by Crippen LogP contribution is 2.38. The molecule has 0 fully saturated rings. The molecule has 2 aromatic carbocycles. The van der Waals surface area contributed by atoms with Gasteiger partial charge in [-0.05, 0) is 53.1 Å². The number of hydrogen-bond acceptors (Lipinski definition) is 5. The van der Waals surface area contributed by atoms with Crippen molar-refractivity contribution in [3.8, 4) is 21.6 Å². The monoisotopic (exact) mass is 415 g/mol. The van der Waals surface area contributed by atoms with Crippen LogP contribution in [0, 0.1) is 0 Å². The van der Waals surface area contributed by atoms with Crippen LogP contribution in [-0.4, -0.2) is 22.1 Å². The fourth-order valence-electron chi connectivity index (χ4n) is 4.10. The van der Waals surface area contributed by atoms with Crippen LogP contribution in [0.4, 0.5) is 5.82 Å². The number of nitrogens with two attached hydrogens (primary N) is 2. The zero-order chi connectivity index (χ0) is 20.8. The number of anilines is 1. The van der Waals surface area contributed by atoms with Gasteiger partial charge in [0.15, 0.2) is 0 Å². The van der Waals surface area contributed by atoms with E-state index >= 15 is 0 Å². The summed E-state index contributed by atoms with van der Waals surface area (Å²) in [6.07, 6.45) is 3.71. The number of aromatic nitrogens is 1. The van der Waals surface area contributed by atoms with E-state index in [1.54, 1.807) is 0 Å². The third-order valence-corrected chi connectivity index (χ3v) is 6.98. The fraction of sp³-hybridized carbons (Fsp3) is 0.167. The minimum absolute atomic E-state index is 0.219. The largest absolute Gasteiger partial charge is 0.393 e. The molecule has 0 bridgehead atoms. The lowest BCUT2D eigenvalue weighted by Gasteiger charge is -2.21. The molecule has 5 N–H and O–H groups in total. The topological polar surface area (TPSA) is 102 Å². The molecule has 5 nitrogen and oxygen atoms in total. The van der Waals surface area contributed by atoms with E-state index in [2.05, 4.69) is 47.4 Å². The number of carbonyl (C=O) groups excluding carboxylic acids is 1. The lowest BCUT2D eigenvalue weighted by molar-refractivity contribution is 0.100. The molecule has 1 atom stereocenters. The summed E-state index contributed by atoms with van der Waals surface area (Å²) in [4.78, 5) is 16.8. The summed E-state index contributed by atoms with van der Waals surface area (Å²) in [7, 11) is 0. The number of thiophene rings is 1. The van der Waals surface area contributed by atoms with E-state index in [0.717, 1.165) is 45.4 Å². The van der Waals surface area contributed by atoms with Gasteiger partial charge in [0.25, 0.3) is 5.91 Å². The summed E-state index contributed by atoms with van der Waals surface area (Å²) in [5.74, 6) is -0.107. The maximum Gasteiger partial charge on any atom is 0.251 e. The molecule has 4 aromatic rings. The van der Waals surface area contributed by atoms with E-state index in [1.807, 2.05) is 6.07 Å². The summed E-state index contributed by atoms with van der Waals surface area (Å²) in [6, 6.07) is 16.8. The van der Waals surface area contributed by atoms with Crippen molar-refractivity contribution >= 4 is 33.1 Å². The molecular weight excluding hydrogens is 394 g/mol. The van der Waals surface area contributed by atoms with Crippen molar-refractivity contribution in [3.05, 3.63) is 71.4 Å². The second-order valence-electron chi connectivity index (χ2n) is 7.73. The summed E-state index contributed by atoms with van der Waals surface area (Å²) in [6.45, 7) is 0. The fourth-order valence-corrected chi connectivity index (χ4v) is 5.29. The van der Waals surface area contributed by atoms with Crippen LogP contribution < -0.4 is 11.5 Å². The van der Waals surface area contributed by atoms with Gasteiger partial charge in [0.1, 0.15) is 5.82 Å². The van der Waals surface area contributed by atoms with Crippen LogP contribution in [-0.2, 0) is 12.8 Å². The Hall–Kier alpha value is -3.22. The Morgan fingerprint density at radius 1 is 1.03 bits per heavy atom. The van der Waals surface area contributed by atoms with Crippen LogP contribution >= 0.6 is 11.3 Å². The van der Waals surface area contributed by atoms with Crippen molar-refractivity contribution < 1.29 is 9.90 Å². The second-order valence-corrected chi connectivity index (χ2v) is 8.78. The third-order valence-electron chi connectivity index (χ3n) is 5.76. The average molecular weight is 416 g/mol. The average Bonchev–Trinajstić information content (AvgIpc) is 3.20. The van der Waals surface area contributed by atoms with Gasteiger partial charge in [-0.1, -0.05) is 42.5 Å². The molecule has 0 aliphatic heterocycles. The molecule has 1 unspecified atom stereocenters. The van der Waals surface area contributed by atoms with Crippen LogP contribution in [0.15, 0.2) is 54.7 Å². The van der Waals surface area contributed by atoms with Crippen molar-refractivity contribution in [1.82, 2.24) is 4.98 Å². The number of aliphatic hydroxyl groups excluding tert-OH is 1. The minimum atomic E-state index is -0.504. The number of aliphatic hydroxyl groups is 1. The molecule has 30 heavy (non-hydrogen) atoms.